The predicted molar refractivity (Wildman–Crippen MR) is 142 cm³/mol. The first-order valence-corrected chi connectivity index (χ1v) is 14.5. The van der Waals surface area contributed by atoms with Gasteiger partial charge in [-0.15, -0.1) is 0 Å². The van der Waals surface area contributed by atoms with E-state index in [1.165, 1.54) is 7.11 Å². The number of nitriles is 1. The van der Waals surface area contributed by atoms with E-state index < -0.39 is 16.9 Å². The summed E-state index contributed by atoms with van der Waals surface area (Å²) in [6.45, 7) is 15.7. The van der Waals surface area contributed by atoms with Gasteiger partial charge in [0.1, 0.15) is 6.07 Å². The number of Topliss-reactive ketones (excluding diaryl/α,β-unsaturated/α-hetero) is 1. The molecule has 5 aliphatic rings. The number of hydrogen-bond donors (Lipinski definition) is 1. The average Bonchev–Trinajstić information content (AvgIpc) is 2.82. The highest BCUT2D eigenvalue weighted by Gasteiger charge is 2.73. The van der Waals surface area contributed by atoms with E-state index in [2.05, 4.69) is 40.7 Å². The van der Waals surface area contributed by atoms with Crippen LogP contribution in [0.5, 0.6) is 0 Å². The number of hydrogen-bond acceptors (Lipinski definition) is 5. The Morgan fingerprint density at radius 3 is 2.27 bits per heavy atom. The molecule has 5 rings (SSSR count). The third-order valence-corrected chi connectivity index (χ3v) is 13.3. The fourth-order valence-electron chi connectivity index (χ4n) is 11.2. The van der Waals surface area contributed by atoms with Crippen LogP contribution < -0.4 is 0 Å². The third-order valence-electron chi connectivity index (χ3n) is 13.3. The molecule has 0 amide bonds. The summed E-state index contributed by atoms with van der Waals surface area (Å²) in [5.74, 6) is 0.300. The van der Waals surface area contributed by atoms with Crippen LogP contribution in [0, 0.1) is 67.5 Å². The molecule has 4 saturated carbocycles. The van der Waals surface area contributed by atoms with Crippen molar-refractivity contribution in [3.05, 3.63) is 11.6 Å². The minimum atomic E-state index is -0.599. The first-order valence-electron chi connectivity index (χ1n) is 14.5. The second-order valence-electron chi connectivity index (χ2n) is 15.5. The maximum atomic E-state index is 13.4. The zero-order valence-electron chi connectivity index (χ0n) is 24.2. The Labute approximate surface area is 223 Å². The number of aliphatic hydroxyl groups is 1. The Morgan fingerprint density at radius 1 is 1.00 bits per heavy atom. The van der Waals surface area contributed by atoms with Gasteiger partial charge in [0.25, 0.3) is 0 Å². The molecular weight excluding hydrogens is 462 g/mol. The van der Waals surface area contributed by atoms with Gasteiger partial charge in [-0.2, -0.15) is 5.26 Å². The van der Waals surface area contributed by atoms with Crippen molar-refractivity contribution in [1.82, 2.24) is 0 Å². The number of rotatable bonds is 1. The fraction of sp³-hybridized carbons (Fsp3) is 0.844. The average molecular weight is 510 g/mol. The Balaban J connectivity index is 1.64. The number of methoxy groups -OCH3 is 1. The molecule has 0 aromatic rings. The number of nitrogens with zero attached hydrogens (tertiary/aromatic N) is 1. The molecule has 9 atom stereocenters. The minimum absolute atomic E-state index is 0.0268. The van der Waals surface area contributed by atoms with Gasteiger partial charge in [0.2, 0.25) is 0 Å². The quantitative estimate of drug-likeness (QED) is 0.422. The Hall–Kier alpha value is -1.67. The summed E-state index contributed by atoms with van der Waals surface area (Å²) in [6.07, 6.45) is 8.54. The van der Waals surface area contributed by atoms with Crippen LogP contribution >= 0.6 is 0 Å². The molecule has 204 valence electrons. The summed E-state index contributed by atoms with van der Waals surface area (Å²) in [6, 6.07) is 2.22. The van der Waals surface area contributed by atoms with Crippen molar-refractivity contribution in [3.8, 4) is 6.07 Å². The van der Waals surface area contributed by atoms with E-state index in [-0.39, 0.29) is 62.7 Å². The van der Waals surface area contributed by atoms with Crippen molar-refractivity contribution in [2.45, 2.75) is 106 Å². The lowest BCUT2D eigenvalue weighted by Gasteiger charge is -2.73. The Bertz CT molecular complexity index is 1100. The van der Waals surface area contributed by atoms with Gasteiger partial charge in [-0.05, 0) is 96.7 Å². The number of ketones is 1. The lowest BCUT2D eigenvalue weighted by Crippen LogP contribution is -2.70. The van der Waals surface area contributed by atoms with Gasteiger partial charge >= 0.3 is 5.97 Å². The predicted octanol–water partition coefficient (Wildman–Crippen LogP) is 6.25. The van der Waals surface area contributed by atoms with Crippen molar-refractivity contribution in [2.75, 3.05) is 7.11 Å². The summed E-state index contributed by atoms with van der Waals surface area (Å²) in [5, 5.41) is 22.0. The van der Waals surface area contributed by atoms with Gasteiger partial charge in [0.15, 0.2) is 5.78 Å². The van der Waals surface area contributed by atoms with Gasteiger partial charge in [0.05, 0.1) is 24.2 Å². The van der Waals surface area contributed by atoms with Gasteiger partial charge < -0.3 is 9.84 Å². The van der Waals surface area contributed by atoms with E-state index >= 15 is 0 Å². The van der Waals surface area contributed by atoms with E-state index in [1.54, 1.807) is 0 Å². The molecule has 5 heteroatoms. The molecule has 5 nitrogen and oxygen atoms in total. The van der Waals surface area contributed by atoms with Crippen LogP contribution in [-0.2, 0) is 14.3 Å². The lowest BCUT2D eigenvalue weighted by atomic mass is 9.31. The highest BCUT2D eigenvalue weighted by atomic mass is 16.5. The minimum Gasteiger partial charge on any atom is -0.469 e. The molecule has 0 aromatic heterocycles. The van der Waals surface area contributed by atoms with Gasteiger partial charge in [0, 0.05) is 5.41 Å². The standard InChI is InChI=1S/C32H47NO4/c1-27(2)11-13-32(26(36)37-8)14-12-31(7)24(20(32)17-27)21(34)15-23-29(5)16-19(18-33)25(35)28(3,4)22(29)9-10-30(23,31)6/h16,20-24,34H,9-15,17H2,1-8H3. The van der Waals surface area contributed by atoms with Crippen LogP contribution in [0.1, 0.15) is 99.8 Å². The van der Waals surface area contributed by atoms with Crippen LogP contribution in [0.25, 0.3) is 0 Å². The van der Waals surface area contributed by atoms with Crippen LogP contribution in [0.15, 0.2) is 11.6 Å². The summed E-state index contributed by atoms with van der Waals surface area (Å²) in [7, 11) is 1.52. The highest BCUT2D eigenvalue weighted by molar-refractivity contribution is 6.04. The topological polar surface area (TPSA) is 87.4 Å². The number of fused-ring (bicyclic) bond motifs is 7. The number of carbonyl (C=O) groups is 2. The monoisotopic (exact) mass is 509 g/mol. The molecule has 4 fully saturated rings. The van der Waals surface area contributed by atoms with Crippen LogP contribution in [0.4, 0.5) is 0 Å². The number of aliphatic hydroxyl groups excluding tert-OH is 1. The molecule has 37 heavy (non-hydrogen) atoms. The molecule has 1 N–H and O–H groups in total. The van der Waals surface area contributed by atoms with Crippen molar-refractivity contribution in [3.63, 3.8) is 0 Å². The summed E-state index contributed by atoms with van der Waals surface area (Å²) >= 11 is 0. The Kier molecular flexibility index (Phi) is 5.77. The molecule has 0 spiro atoms. The molecule has 0 aromatic carbocycles. The largest absolute Gasteiger partial charge is 0.469 e. The van der Waals surface area contributed by atoms with E-state index in [9.17, 15) is 20.0 Å². The molecule has 0 aliphatic heterocycles. The summed E-state index contributed by atoms with van der Waals surface area (Å²) < 4.78 is 5.45. The number of carbonyl (C=O) groups excluding carboxylic acids is 2. The molecule has 0 saturated heterocycles. The smallest absolute Gasteiger partial charge is 0.312 e. The first-order chi connectivity index (χ1) is 17.0. The maximum Gasteiger partial charge on any atom is 0.312 e. The number of ether oxygens (including phenoxy) is 1. The highest BCUT2D eigenvalue weighted by Crippen LogP contribution is 2.76. The Morgan fingerprint density at radius 2 is 1.65 bits per heavy atom. The van der Waals surface area contributed by atoms with Crippen molar-refractivity contribution in [2.24, 2.45) is 56.2 Å². The molecule has 5 aliphatic carbocycles. The molecule has 0 heterocycles. The number of allylic oxidation sites excluding steroid dienone is 2. The SMILES string of the molecule is COC(=O)C12CCC(C)(C)CC1C1C(O)CC3C4(C)C=C(C#N)C(=O)C(C)(C)C4CCC3(C)C1(C)CC2. The van der Waals surface area contributed by atoms with Crippen LogP contribution in [0.2, 0.25) is 0 Å². The lowest BCUT2D eigenvalue weighted by molar-refractivity contribution is -0.260. The second kappa shape index (κ2) is 7.93. The zero-order chi connectivity index (χ0) is 27.4. The molecule has 9 unspecified atom stereocenters. The third kappa shape index (κ3) is 3.23. The summed E-state index contributed by atoms with van der Waals surface area (Å²) in [4.78, 5) is 26.7. The normalized spacial score (nSPS) is 49.8. The van der Waals surface area contributed by atoms with Crippen molar-refractivity contribution in [1.29, 1.82) is 5.26 Å². The molecule has 0 bridgehead atoms. The second-order valence-corrected chi connectivity index (χ2v) is 15.5. The van der Waals surface area contributed by atoms with E-state index in [0.717, 1.165) is 44.9 Å². The van der Waals surface area contributed by atoms with Gasteiger partial charge in [-0.3, -0.25) is 9.59 Å². The molecular formula is C32H47NO4. The van der Waals surface area contributed by atoms with E-state index in [4.69, 9.17) is 4.74 Å². The van der Waals surface area contributed by atoms with Crippen LogP contribution in [0.3, 0.4) is 0 Å². The van der Waals surface area contributed by atoms with Gasteiger partial charge in [-0.1, -0.05) is 54.5 Å². The van der Waals surface area contributed by atoms with E-state index in [0.29, 0.717) is 6.42 Å². The van der Waals surface area contributed by atoms with E-state index in [1.807, 2.05) is 19.9 Å². The maximum absolute atomic E-state index is 13.4. The molecule has 0 radical (unpaired) electrons. The summed E-state index contributed by atoms with van der Waals surface area (Å²) in [5.41, 5.74) is -1.25. The van der Waals surface area contributed by atoms with Crippen LogP contribution in [-0.4, -0.2) is 30.1 Å². The number of esters is 1. The fourth-order valence-corrected chi connectivity index (χ4v) is 11.2. The first kappa shape index (κ1) is 26.9. The van der Waals surface area contributed by atoms with Crippen molar-refractivity contribution < 1.29 is 19.4 Å². The zero-order valence-corrected chi connectivity index (χ0v) is 24.2. The van der Waals surface area contributed by atoms with Crippen molar-refractivity contribution >= 4 is 11.8 Å². The van der Waals surface area contributed by atoms with Gasteiger partial charge in [-0.25, -0.2) is 0 Å².